The molecule has 0 radical (unpaired) electrons. The molecule has 7 heteroatoms. The van der Waals surface area contributed by atoms with Gasteiger partial charge in [-0.15, -0.1) is 0 Å². The molecule has 0 aliphatic carbocycles. The molecule has 122 valence electrons. The topological polar surface area (TPSA) is 59.6 Å². The lowest BCUT2D eigenvalue weighted by Crippen LogP contribution is -2.22. The second-order valence-electron chi connectivity index (χ2n) is 4.63. The second-order valence-corrected chi connectivity index (χ2v) is 4.63. The van der Waals surface area contributed by atoms with E-state index in [1.54, 1.807) is 18.2 Å². The van der Waals surface area contributed by atoms with Crippen molar-refractivity contribution in [2.75, 3.05) is 31.4 Å². The average Bonchev–Trinajstić information content (AvgIpc) is 2.55. The zero-order valence-electron chi connectivity index (χ0n) is 12.7. The number of rotatable bonds is 6. The quantitative estimate of drug-likeness (QED) is 0.858. The highest BCUT2D eigenvalue weighted by Crippen LogP contribution is 2.25. The number of anilines is 2. The zero-order valence-corrected chi connectivity index (χ0v) is 12.7. The van der Waals surface area contributed by atoms with Gasteiger partial charge in [0.15, 0.2) is 0 Å². The molecule has 0 saturated carbocycles. The van der Waals surface area contributed by atoms with Gasteiger partial charge >= 0.3 is 0 Å². The third kappa shape index (κ3) is 4.57. The second kappa shape index (κ2) is 7.44. The molecular formula is C16H16F2N2O3. The van der Waals surface area contributed by atoms with Crippen molar-refractivity contribution in [3.05, 3.63) is 48.0 Å². The van der Waals surface area contributed by atoms with E-state index in [0.29, 0.717) is 17.2 Å². The van der Waals surface area contributed by atoms with E-state index >= 15 is 0 Å². The lowest BCUT2D eigenvalue weighted by atomic mass is 10.2. The van der Waals surface area contributed by atoms with Crippen molar-refractivity contribution in [3.8, 4) is 11.5 Å². The molecule has 0 aromatic heterocycles. The smallest absolute Gasteiger partial charge is 0.243 e. The number of nitrogens with one attached hydrogen (secondary N) is 2. The number of hydrogen-bond acceptors (Lipinski definition) is 4. The summed E-state index contributed by atoms with van der Waals surface area (Å²) in [6, 6.07) is 7.87. The molecule has 1 amide bonds. The molecule has 2 aromatic carbocycles. The summed E-state index contributed by atoms with van der Waals surface area (Å²) in [4.78, 5) is 11.9. The van der Waals surface area contributed by atoms with Crippen molar-refractivity contribution in [2.24, 2.45) is 0 Å². The molecule has 0 bridgehead atoms. The van der Waals surface area contributed by atoms with E-state index in [0.717, 1.165) is 18.2 Å². The minimum absolute atomic E-state index is 0.0802. The van der Waals surface area contributed by atoms with Crippen LogP contribution in [0.4, 0.5) is 20.2 Å². The monoisotopic (exact) mass is 322 g/mol. The molecule has 2 rings (SSSR count). The molecule has 0 saturated heterocycles. The van der Waals surface area contributed by atoms with Gasteiger partial charge in [0.25, 0.3) is 0 Å². The van der Waals surface area contributed by atoms with Crippen LogP contribution in [0.15, 0.2) is 36.4 Å². The first-order chi connectivity index (χ1) is 11.0. The molecular weight excluding hydrogens is 306 g/mol. The Balaban J connectivity index is 2.01. The van der Waals surface area contributed by atoms with Crippen molar-refractivity contribution in [3.63, 3.8) is 0 Å². The summed E-state index contributed by atoms with van der Waals surface area (Å²) in [7, 11) is 2.99. The van der Waals surface area contributed by atoms with E-state index in [9.17, 15) is 13.6 Å². The van der Waals surface area contributed by atoms with Crippen LogP contribution in [0.1, 0.15) is 0 Å². The molecule has 5 nitrogen and oxygen atoms in total. The van der Waals surface area contributed by atoms with E-state index in [1.807, 2.05) is 0 Å². The Hall–Kier alpha value is -2.83. The Kier molecular flexibility index (Phi) is 5.35. The van der Waals surface area contributed by atoms with Crippen LogP contribution < -0.4 is 20.1 Å². The first-order valence-corrected chi connectivity index (χ1v) is 6.73. The van der Waals surface area contributed by atoms with Gasteiger partial charge in [-0.2, -0.15) is 0 Å². The summed E-state index contributed by atoms with van der Waals surface area (Å²) >= 11 is 0. The van der Waals surface area contributed by atoms with E-state index in [2.05, 4.69) is 10.6 Å². The molecule has 2 aromatic rings. The zero-order chi connectivity index (χ0) is 16.8. The van der Waals surface area contributed by atoms with Crippen LogP contribution in [0, 0.1) is 11.6 Å². The molecule has 0 atom stereocenters. The van der Waals surface area contributed by atoms with Crippen LogP contribution in [0.2, 0.25) is 0 Å². The Labute approximate surface area is 132 Å². The van der Waals surface area contributed by atoms with Gasteiger partial charge in [0, 0.05) is 23.9 Å². The summed E-state index contributed by atoms with van der Waals surface area (Å²) < 4.78 is 36.7. The van der Waals surface area contributed by atoms with Gasteiger partial charge < -0.3 is 20.1 Å². The molecule has 0 unspecified atom stereocenters. The van der Waals surface area contributed by atoms with E-state index in [-0.39, 0.29) is 12.2 Å². The lowest BCUT2D eigenvalue weighted by molar-refractivity contribution is -0.114. The van der Waals surface area contributed by atoms with Crippen LogP contribution in [0.3, 0.4) is 0 Å². The van der Waals surface area contributed by atoms with E-state index in [1.165, 1.54) is 14.2 Å². The van der Waals surface area contributed by atoms with Gasteiger partial charge in [0.1, 0.15) is 23.1 Å². The van der Waals surface area contributed by atoms with Crippen molar-refractivity contribution in [1.82, 2.24) is 0 Å². The molecule has 0 aliphatic rings. The first-order valence-electron chi connectivity index (χ1n) is 6.73. The van der Waals surface area contributed by atoms with Gasteiger partial charge in [0.2, 0.25) is 5.91 Å². The van der Waals surface area contributed by atoms with Crippen LogP contribution >= 0.6 is 0 Å². The predicted molar refractivity (Wildman–Crippen MR) is 83.0 cm³/mol. The minimum Gasteiger partial charge on any atom is -0.497 e. The highest BCUT2D eigenvalue weighted by atomic mass is 19.1. The molecule has 0 spiro atoms. The normalized spacial score (nSPS) is 10.1. The average molecular weight is 322 g/mol. The highest BCUT2D eigenvalue weighted by molar-refractivity contribution is 5.94. The number of hydrogen-bond donors (Lipinski definition) is 2. The van der Waals surface area contributed by atoms with Crippen molar-refractivity contribution in [1.29, 1.82) is 0 Å². The predicted octanol–water partition coefficient (Wildman–Crippen LogP) is 3.03. The number of benzene rings is 2. The number of halogens is 2. The maximum atomic E-state index is 13.5. The Morgan fingerprint density at radius 2 is 1.70 bits per heavy atom. The first kappa shape index (κ1) is 16.5. The van der Waals surface area contributed by atoms with Crippen LogP contribution in [0.25, 0.3) is 0 Å². The standard InChI is InChI=1S/C16H16F2N2O3/c1-22-12-6-11(7-13(8-12)23-2)20-16(21)9-19-15-5-10(17)3-4-14(15)18/h3-8,19H,9H2,1-2H3,(H,20,21). The van der Waals surface area contributed by atoms with Crippen molar-refractivity contribution < 1.29 is 23.0 Å². The summed E-state index contributed by atoms with van der Waals surface area (Å²) in [5.74, 6) is -0.620. The van der Waals surface area contributed by atoms with Crippen LogP contribution in [-0.4, -0.2) is 26.7 Å². The van der Waals surface area contributed by atoms with Crippen LogP contribution in [-0.2, 0) is 4.79 Å². The number of ether oxygens (including phenoxy) is 2. The highest BCUT2D eigenvalue weighted by Gasteiger charge is 2.08. The molecule has 0 fully saturated rings. The fourth-order valence-electron chi connectivity index (χ4n) is 1.89. The van der Waals surface area contributed by atoms with Gasteiger partial charge in [0.05, 0.1) is 26.5 Å². The largest absolute Gasteiger partial charge is 0.497 e. The fraction of sp³-hybridized carbons (Fsp3) is 0.188. The van der Waals surface area contributed by atoms with Crippen molar-refractivity contribution in [2.45, 2.75) is 0 Å². The summed E-state index contributed by atoms with van der Waals surface area (Å²) in [6.45, 7) is -0.222. The summed E-state index contributed by atoms with van der Waals surface area (Å²) in [5, 5.41) is 5.16. The maximum Gasteiger partial charge on any atom is 0.243 e. The minimum atomic E-state index is -0.637. The Morgan fingerprint density at radius 1 is 1.04 bits per heavy atom. The Morgan fingerprint density at radius 3 is 2.30 bits per heavy atom. The van der Waals surface area contributed by atoms with Gasteiger partial charge in [-0.3, -0.25) is 4.79 Å². The van der Waals surface area contributed by atoms with Gasteiger partial charge in [-0.1, -0.05) is 0 Å². The number of carbonyl (C=O) groups is 1. The third-order valence-corrected chi connectivity index (χ3v) is 3.00. The molecule has 23 heavy (non-hydrogen) atoms. The number of carbonyl (C=O) groups excluding carboxylic acids is 1. The van der Waals surface area contributed by atoms with E-state index in [4.69, 9.17) is 9.47 Å². The third-order valence-electron chi connectivity index (χ3n) is 3.00. The van der Waals surface area contributed by atoms with Crippen LogP contribution in [0.5, 0.6) is 11.5 Å². The molecule has 0 aliphatic heterocycles. The van der Waals surface area contributed by atoms with Crippen molar-refractivity contribution >= 4 is 17.3 Å². The SMILES string of the molecule is COc1cc(NC(=O)CNc2cc(F)ccc2F)cc(OC)c1. The maximum absolute atomic E-state index is 13.5. The molecule has 0 heterocycles. The summed E-state index contributed by atoms with van der Waals surface area (Å²) in [6.07, 6.45) is 0. The molecule has 2 N–H and O–H groups in total. The van der Waals surface area contributed by atoms with Gasteiger partial charge in [-0.05, 0) is 18.2 Å². The van der Waals surface area contributed by atoms with E-state index < -0.39 is 17.5 Å². The summed E-state index contributed by atoms with van der Waals surface area (Å²) in [5.41, 5.74) is 0.385. The Bertz CT molecular complexity index is 685. The fourth-order valence-corrected chi connectivity index (χ4v) is 1.89. The number of methoxy groups -OCH3 is 2. The lowest BCUT2D eigenvalue weighted by Gasteiger charge is -2.11. The van der Waals surface area contributed by atoms with Gasteiger partial charge in [-0.25, -0.2) is 8.78 Å². The number of amides is 1.